The maximum absolute atomic E-state index is 12.6. The van der Waals surface area contributed by atoms with Gasteiger partial charge in [0.2, 0.25) is 5.91 Å². The number of carbonyl (C=O) groups is 1. The molecule has 17 heavy (non-hydrogen) atoms. The minimum Gasteiger partial charge on any atom is -0.275 e. The zero-order valence-corrected chi connectivity index (χ0v) is 9.41. The maximum atomic E-state index is 12.6. The number of hydrogen-bond donors (Lipinski definition) is 0. The maximum Gasteiger partial charge on any atom is 0.416 e. The fourth-order valence-electron chi connectivity index (χ4n) is 1.33. The molecule has 0 saturated carbocycles. The first-order valence-corrected chi connectivity index (χ1v) is 4.82. The highest BCUT2D eigenvalue weighted by molar-refractivity contribution is 5.78. The van der Waals surface area contributed by atoms with Gasteiger partial charge in [0.15, 0.2) is 0 Å². The van der Waals surface area contributed by atoms with Gasteiger partial charge in [-0.25, -0.2) is 5.06 Å². The first-order valence-electron chi connectivity index (χ1n) is 4.82. The average Bonchev–Trinajstić information content (AvgIpc) is 2.27. The van der Waals surface area contributed by atoms with Crippen molar-refractivity contribution in [2.75, 3.05) is 14.2 Å². The lowest BCUT2D eigenvalue weighted by Gasteiger charge is -2.16. The summed E-state index contributed by atoms with van der Waals surface area (Å²) in [5, 5.41) is 0.896. The SMILES string of the molecule is CON(C)C(=O)Cc1ccccc1C(F)(F)F. The number of hydroxylamine groups is 2. The van der Waals surface area contributed by atoms with Crippen molar-refractivity contribution in [2.24, 2.45) is 0 Å². The molecule has 94 valence electrons. The Morgan fingerprint density at radius 3 is 2.47 bits per heavy atom. The summed E-state index contributed by atoms with van der Waals surface area (Å²) in [6, 6.07) is 4.99. The van der Waals surface area contributed by atoms with E-state index in [9.17, 15) is 18.0 Å². The average molecular weight is 247 g/mol. The second kappa shape index (κ2) is 5.18. The van der Waals surface area contributed by atoms with E-state index >= 15 is 0 Å². The molecular formula is C11H12F3NO2. The first-order chi connectivity index (χ1) is 7.86. The van der Waals surface area contributed by atoms with Gasteiger partial charge in [-0.15, -0.1) is 0 Å². The lowest BCUT2D eigenvalue weighted by atomic mass is 10.0. The highest BCUT2D eigenvalue weighted by atomic mass is 19.4. The summed E-state index contributed by atoms with van der Waals surface area (Å²) in [4.78, 5) is 16.1. The van der Waals surface area contributed by atoms with Crippen molar-refractivity contribution in [3.8, 4) is 0 Å². The number of alkyl halides is 3. The molecule has 0 spiro atoms. The van der Waals surface area contributed by atoms with E-state index in [-0.39, 0.29) is 12.0 Å². The summed E-state index contributed by atoms with van der Waals surface area (Å²) >= 11 is 0. The molecule has 0 bridgehead atoms. The normalized spacial score (nSPS) is 11.4. The Hall–Kier alpha value is -1.56. The summed E-state index contributed by atoms with van der Waals surface area (Å²) in [5.41, 5.74) is -0.855. The van der Waals surface area contributed by atoms with E-state index in [4.69, 9.17) is 0 Å². The molecule has 0 heterocycles. The number of benzene rings is 1. The molecule has 0 saturated heterocycles. The van der Waals surface area contributed by atoms with Gasteiger partial charge in [-0.3, -0.25) is 9.63 Å². The van der Waals surface area contributed by atoms with Crippen LogP contribution in [0.25, 0.3) is 0 Å². The van der Waals surface area contributed by atoms with Crippen LogP contribution in [0.4, 0.5) is 13.2 Å². The van der Waals surface area contributed by atoms with E-state index in [0.29, 0.717) is 0 Å². The molecule has 1 rings (SSSR count). The molecule has 1 amide bonds. The van der Waals surface area contributed by atoms with Crippen molar-refractivity contribution in [3.63, 3.8) is 0 Å². The Morgan fingerprint density at radius 1 is 1.35 bits per heavy atom. The second-order valence-electron chi connectivity index (χ2n) is 3.41. The molecule has 6 heteroatoms. The second-order valence-corrected chi connectivity index (χ2v) is 3.41. The van der Waals surface area contributed by atoms with Gasteiger partial charge in [-0.05, 0) is 11.6 Å². The molecule has 0 aliphatic carbocycles. The highest BCUT2D eigenvalue weighted by Gasteiger charge is 2.33. The van der Waals surface area contributed by atoms with Gasteiger partial charge in [0.1, 0.15) is 0 Å². The standard InChI is InChI=1S/C11H12F3NO2/c1-15(17-2)10(16)7-8-5-3-4-6-9(8)11(12,13)14/h3-6H,7H2,1-2H3. The van der Waals surface area contributed by atoms with Crippen LogP contribution in [-0.2, 0) is 22.2 Å². The smallest absolute Gasteiger partial charge is 0.275 e. The van der Waals surface area contributed by atoms with Crippen LogP contribution in [0.1, 0.15) is 11.1 Å². The van der Waals surface area contributed by atoms with Crippen LogP contribution in [0.5, 0.6) is 0 Å². The molecule has 0 aliphatic heterocycles. The van der Waals surface area contributed by atoms with Crippen molar-refractivity contribution in [2.45, 2.75) is 12.6 Å². The van der Waals surface area contributed by atoms with Gasteiger partial charge < -0.3 is 0 Å². The van der Waals surface area contributed by atoms with Crippen molar-refractivity contribution >= 4 is 5.91 Å². The Balaban J connectivity index is 2.96. The summed E-state index contributed by atoms with van der Waals surface area (Å²) in [6.07, 6.45) is -4.80. The van der Waals surface area contributed by atoms with E-state index in [0.717, 1.165) is 11.1 Å². The van der Waals surface area contributed by atoms with Crippen molar-refractivity contribution in [1.29, 1.82) is 0 Å². The minimum atomic E-state index is -4.46. The largest absolute Gasteiger partial charge is 0.416 e. The number of carbonyl (C=O) groups excluding carboxylic acids is 1. The molecule has 0 radical (unpaired) electrons. The van der Waals surface area contributed by atoms with Gasteiger partial charge in [-0.1, -0.05) is 18.2 Å². The van der Waals surface area contributed by atoms with Crippen molar-refractivity contribution in [1.82, 2.24) is 5.06 Å². The van der Waals surface area contributed by atoms with Crippen LogP contribution in [-0.4, -0.2) is 25.1 Å². The number of rotatable bonds is 3. The van der Waals surface area contributed by atoms with Gasteiger partial charge in [0.25, 0.3) is 0 Å². The van der Waals surface area contributed by atoms with E-state index in [1.165, 1.54) is 32.4 Å². The molecule has 0 unspecified atom stereocenters. The van der Waals surface area contributed by atoms with E-state index in [1.54, 1.807) is 0 Å². The molecule has 0 fully saturated rings. The van der Waals surface area contributed by atoms with Crippen LogP contribution in [0.3, 0.4) is 0 Å². The molecular weight excluding hydrogens is 235 g/mol. The highest BCUT2D eigenvalue weighted by Crippen LogP contribution is 2.32. The zero-order chi connectivity index (χ0) is 13.1. The fraction of sp³-hybridized carbons (Fsp3) is 0.364. The zero-order valence-electron chi connectivity index (χ0n) is 9.41. The summed E-state index contributed by atoms with van der Waals surface area (Å²) in [6.45, 7) is 0. The lowest BCUT2D eigenvalue weighted by Crippen LogP contribution is -2.27. The summed E-state index contributed by atoms with van der Waals surface area (Å²) < 4.78 is 37.9. The Morgan fingerprint density at radius 2 is 1.94 bits per heavy atom. The topological polar surface area (TPSA) is 29.5 Å². The van der Waals surface area contributed by atoms with E-state index in [2.05, 4.69) is 4.84 Å². The van der Waals surface area contributed by atoms with E-state index < -0.39 is 17.6 Å². The number of hydrogen-bond acceptors (Lipinski definition) is 2. The molecule has 0 N–H and O–H groups in total. The molecule has 0 atom stereocenters. The van der Waals surface area contributed by atoms with Gasteiger partial charge in [-0.2, -0.15) is 13.2 Å². The quantitative estimate of drug-likeness (QED) is 0.767. The molecule has 0 aliphatic rings. The van der Waals surface area contributed by atoms with Gasteiger partial charge in [0.05, 0.1) is 19.1 Å². The van der Waals surface area contributed by atoms with Crippen LogP contribution in [0.15, 0.2) is 24.3 Å². The number of amides is 1. The van der Waals surface area contributed by atoms with E-state index in [1.807, 2.05) is 0 Å². The fourth-order valence-corrected chi connectivity index (χ4v) is 1.33. The molecule has 1 aromatic carbocycles. The third-order valence-corrected chi connectivity index (χ3v) is 2.29. The van der Waals surface area contributed by atoms with Crippen LogP contribution < -0.4 is 0 Å². The number of likely N-dealkylation sites (N-methyl/N-ethyl adjacent to an activating group) is 1. The predicted octanol–water partition coefficient (Wildman–Crippen LogP) is 2.27. The Kier molecular flexibility index (Phi) is 4.11. The van der Waals surface area contributed by atoms with Crippen LogP contribution in [0, 0.1) is 0 Å². The van der Waals surface area contributed by atoms with Gasteiger partial charge >= 0.3 is 6.18 Å². The van der Waals surface area contributed by atoms with Crippen molar-refractivity contribution < 1.29 is 22.8 Å². The molecule has 3 nitrogen and oxygen atoms in total. The minimum absolute atomic E-state index is 0.0612. The third kappa shape index (κ3) is 3.45. The Labute approximate surface area is 96.7 Å². The monoisotopic (exact) mass is 247 g/mol. The number of halogens is 3. The van der Waals surface area contributed by atoms with Crippen molar-refractivity contribution in [3.05, 3.63) is 35.4 Å². The van der Waals surface area contributed by atoms with Crippen LogP contribution in [0.2, 0.25) is 0 Å². The molecule has 0 aromatic heterocycles. The molecule has 1 aromatic rings. The number of nitrogens with zero attached hydrogens (tertiary/aromatic N) is 1. The third-order valence-electron chi connectivity index (χ3n) is 2.29. The Bertz CT molecular complexity index is 404. The first kappa shape index (κ1) is 13.5. The predicted molar refractivity (Wildman–Crippen MR) is 54.9 cm³/mol. The summed E-state index contributed by atoms with van der Waals surface area (Å²) in [7, 11) is 2.62. The van der Waals surface area contributed by atoms with Gasteiger partial charge in [0, 0.05) is 7.05 Å². The van der Waals surface area contributed by atoms with Crippen LogP contribution >= 0.6 is 0 Å². The summed E-state index contributed by atoms with van der Waals surface area (Å²) in [5.74, 6) is -0.538. The lowest BCUT2D eigenvalue weighted by molar-refractivity contribution is -0.168.